The van der Waals surface area contributed by atoms with Crippen LogP contribution in [0.5, 0.6) is 11.5 Å². The zero-order valence-corrected chi connectivity index (χ0v) is 20.8. The van der Waals surface area contributed by atoms with Crippen molar-refractivity contribution >= 4 is 22.4 Å². The molecule has 0 radical (unpaired) electrons. The van der Waals surface area contributed by atoms with Gasteiger partial charge in [-0.1, -0.05) is 0 Å². The third-order valence-electron chi connectivity index (χ3n) is 6.14. The Morgan fingerprint density at radius 2 is 1.84 bits per heavy atom. The van der Waals surface area contributed by atoms with Crippen LogP contribution in [0.2, 0.25) is 0 Å². The molecule has 3 aromatic rings. The minimum atomic E-state index is -4.89. The fourth-order valence-electron chi connectivity index (χ4n) is 4.25. The molecule has 1 aliphatic heterocycles. The standard InChI is InChI=1S/C25H28F4N4O4/c1-13(16-5-15(30)6-18(22(16)26)25(27,28)29)31-23-17-7-21(37-12-24(9-34-3)10-36-11-24)20(35-4)8-19(17)32-14(2)33-23/h5-8,13H,9-12,30H2,1-4H3,(H,31,32,33)/t13-/m1/s1. The first-order chi connectivity index (χ1) is 17.5. The number of methoxy groups -OCH3 is 2. The predicted octanol–water partition coefficient (Wildman–Crippen LogP) is 4.90. The van der Waals surface area contributed by atoms with Crippen molar-refractivity contribution in [1.82, 2.24) is 9.97 Å². The van der Waals surface area contributed by atoms with Gasteiger partial charge in [-0.3, -0.25) is 0 Å². The molecule has 2 aromatic carbocycles. The lowest BCUT2D eigenvalue weighted by atomic mass is 9.88. The molecule has 0 bridgehead atoms. The number of nitrogens with zero attached hydrogens (tertiary/aromatic N) is 2. The van der Waals surface area contributed by atoms with Crippen LogP contribution in [0.25, 0.3) is 10.9 Å². The van der Waals surface area contributed by atoms with Crippen LogP contribution in [0.15, 0.2) is 24.3 Å². The second-order valence-electron chi connectivity index (χ2n) is 9.19. The van der Waals surface area contributed by atoms with Gasteiger partial charge in [0.2, 0.25) is 0 Å². The molecule has 0 aliphatic carbocycles. The Morgan fingerprint density at radius 3 is 2.43 bits per heavy atom. The molecule has 1 aliphatic rings. The molecular formula is C25H28F4N4O4. The van der Waals surface area contributed by atoms with Crippen LogP contribution in [0.3, 0.4) is 0 Å². The monoisotopic (exact) mass is 524 g/mol. The van der Waals surface area contributed by atoms with Crippen LogP contribution >= 0.6 is 0 Å². The minimum absolute atomic E-state index is 0.202. The van der Waals surface area contributed by atoms with Crippen molar-refractivity contribution in [1.29, 1.82) is 0 Å². The zero-order chi connectivity index (χ0) is 27.0. The van der Waals surface area contributed by atoms with E-state index in [0.29, 0.717) is 60.7 Å². The molecule has 8 nitrogen and oxygen atoms in total. The smallest absolute Gasteiger partial charge is 0.419 e. The van der Waals surface area contributed by atoms with Crippen molar-refractivity contribution in [2.75, 3.05) is 51.7 Å². The SMILES string of the molecule is COCC1(COc2cc3c(N[C@H](C)c4cc(N)cc(C(F)(F)F)c4F)nc(C)nc3cc2OC)COC1. The van der Waals surface area contributed by atoms with Crippen molar-refractivity contribution in [2.24, 2.45) is 5.41 Å². The first-order valence-electron chi connectivity index (χ1n) is 11.4. The van der Waals surface area contributed by atoms with E-state index in [1.54, 1.807) is 26.2 Å². The topological polar surface area (TPSA) is 101 Å². The normalized spacial score (nSPS) is 15.8. The molecule has 1 saturated heterocycles. The number of hydrogen-bond acceptors (Lipinski definition) is 8. The van der Waals surface area contributed by atoms with Gasteiger partial charge in [0.05, 0.1) is 49.5 Å². The van der Waals surface area contributed by atoms with Gasteiger partial charge >= 0.3 is 6.18 Å². The number of halogens is 4. The summed E-state index contributed by atoms with van der Waals surface area (Å²) in [7, 11) is 3.11. The quantitative estimate of drug-likeness (QED) is 0.301. The summed E-state index contributed by atoms with van der Waals surface area (Å²) in [6.45, 7) is 4.95. The van der Waals surface area contributed by atoms with E-state index in [1.165, 1.54) is 20.1 Å². The highest BCUT2D eigenvalue weighted by Gasteiger charge is 2.40. The highest BCUT2D eigenvalue weighted by atomic mass is 19.4. The van der Waals surface area contributed by atoms with Crippen molar-refractivity contribution < 1.29 is 36.5 Å². The number of fused-ring (bicyclic) bond motifs is 1. The molecule has 200 valence electrons. The average molecular weight is 525 g/mol. The second-order valence-corrected chi connectivity index (χ2v) is 9.19. The molecular weight excluding hydrogens is 496 g/mol. The predicted molar refractivity (Wildman–Crippen MR) is 129 cm³/mol. The van der Waals surface area contributed by atoms with E-state index in [9.17, 15) is 17.6 Å². The van der Waals surface area contributed by atoms with Gasteiger partial charge in [0.25, 0.3) is 0 Å². The lowest BCUT2D eigenvalue weighted by Crippen LogP contribution is -2.50. The van der Waals surface area contributed by atoms with Gasteiger partial charge in [0, 0.05) is 29.8 Å². The summed E-state index contributed by atoms with van der Waals surface area (Å²) in [4.78, 5) is 8.86. The van der Waals surface area contributed by atoms with Crippen molar-refractivity contribution in [3.05, 3.63) is 47.0 Å². The van der Waals surface area contributed by atoms with Crippen LogP contribution in [0, 0.1) is 18.2 Å². The molecule has 0 amide bonds. The molecule has 4 rings (SSSR count). The second kappa shape index (κ2) is 10.2. The Kier molecular flexibility index (Phi) is 7.33. The fraction of sp³-hybridized carbons (Fsp3) is 0.440. The van der Waals surface area contributed by atoms with Crippen LogP contribution in [-0.2, 0) is 15.7 Å². The molecule has 2 heterocycles. The number of ether oxygens (including phenoxy) is 4. The average Bonchev–Trinajstić information content (AvgIpc) is 2.80. The summed E-state index contributed by atoms with van der Waals surface area (Å²) in [5.41, 5.74) is 4.02. The first kappa shape index (κ1) is 26.7. The van der Waals surface area contributed by atoms with Crippen LogP contribution in [0.4, 0.5) is 29.1 Å². The molecule has 0 spiro atoms. The van der Waals surface area contributed by atoms with Gasteiger partial charge in [-0.05, 0) is 32.0 Å². The maximum Gasteiger partial charge on any atom is 0.419 e. The molecule has 3 N–H and O–H groups in total. The summed E-state index contributed by atoms with van der Waals surface area (Å²) in [5.74, 6) is 0.141. The van der Waals surface area contributed by atoms with E-state index < -0.39 is 23.6 Å². The highest BCUT2D eigenvalue weighted by Crippen LogP contribution is 2.39. The van der Waals surface area contributed by atoms with Crippen LogP contribution in [-0.4, -0.2) is 50.6 Å². The van der Waals surface area contributed by atoms with Gasteiger partial charge in [-0.25, -0.2) is 14.4 Å². The maximum atomic E-state index is 14.9. The Hall–Kier alpha value is -3.38. The third-order valence-corrected chi connectivity index (χ3v) is 6.14. The molecule has 1 atom stereocenters. The third kappa shape index (κ3) is 5.49. The number of anilines is 2. The molecule has 1 fully saturated rings. The molecule has 0 unspecified atom stereocenters. The van der Waals surface area contributed by atoms with E-state index in [0.717, 1.165) is 0 Å². The summed E-state index contributed by atoms with van der Waals surface area (Å²) in [6.07, 6.45) is -4.89. The Labute approximate surface area is 211 Å². The van der Waals surface area contributed by atoms with E-state index in [-0.39, 0.29) is 22.5 Å². The number of rotatable bonds is 9. The number of alkyl halides is 3. The van der Waals surface area contributed by atoms with E-state index in [4.69, 9.17) is 24.7 Å². The number of aromatic nitrogens is 2. The molecule has 12 heteroatoms. The van der Waals surface area contributed by atoms with Crippen molar-refractivity contribution in [3.8, 4) is 11.5 Å². The summed E-state index contributed by atoms with van der Waals surface area (Å²) < 4.78 is 77.1. The summed E-state index contributed by atoms with van der Waals surface area (Å²) >= 11 is 0. The van der Waals surface area contributed by atoms with E-state index in [2.05, 4.69) is 15.3 Å². The number of hydrogen-bond donors (Lipinski definition) is 2. The van der Waals surface area contributed by atoms with Gasteiger partial charge in [-0.2, -0.15) is 13.2 Å². The Morgan fingerprint density at radius 1 is 1.11 bits per heavy atom. The van der Waals surface area contributed by atoms with Crippen molar-refractivity contribution in [2.45, 2.75) is 26.1 Å². The van der Waals surface area contributed by atoms with Gasteiger partial charge in [0.15, 0.2) is 11.5 Å². The fourth-order valence-corrected chi connectivity index (χ4v) is 4.25. The molecule has 37 heavy (non-hydrogen) atoms. The van der Waals surface area contributed by atoms with Crippen LogP contribution < -0.4 is 20.5 Å². The highest BCUT2D eigenvalue weighted by molar-refractivity contribution is 5.92. The van der Waals surface area contributed by atoms with Gasteiger partial charge in [0.1, 0.15) is 24.1 Å². The minimum Gasteiger partial charge on any atom is -0.493 e. The van der Waals surface area contributed by atoms with E-state index in [1.807, 2.05) is 0 Å². The number of aryl methyl sites for hydroxylation is 1. The number of benzene rings is 2. The first-order valence-corrected chi connectivity index (χ1v) is 11.4. The maximum absolute atomic E-state index is 14.9. The number of nitrogens with one attached hydrogen (secondary N) is 1. The van der Waals surface area contributed by atoms with Crippen molar-refractivity contribution in [3.63, 3.8) is 0 Å². The van der Waals surface area contributed by atoms with Gasteiger partial charge in [-0.15, -0.1) is 0 Å². The number of nitrogen functional groups attached to an aromatic ring is 1. The molecule has 0 saturated carbocycles. The van der Waals surface area contributed by atoms with E-state index >= 15 is 0 Å². The Bertz CT molecular complexity index is 1300. The summed E-state index contributed by atoms with van der Waals surface area (Å²) in [5, 5.41) is 3.53. The lowest BCUT2D eigenvalue weighted by Gasteiger charge is -2.40. The lowest BCUT2D eigenvalue weighted by molar-refractivity contribution is -0.159. The zero-order valence-electron chi connectivity index (χ0n) is 20.8. The van der Waals surface area contributed by atoms with Gasteiger partial charge < -0.3 is 30.0 Å². The Balaban J connectivity index is 1.70. The van der Waals surface area contributed by atoms with Crippen LogP contribution in [0.1, 0.15) is 29.9 Å². The number of nitrogens with two attached hydrogens (primary N) is 1. The summed E-state index contributed by atoms with van der Waals surface area (Å²) in [6, 6.07) is 4.20. The largest absolute Gasteiger partial charge is 0.493 e. The molecule has 1 aromatic heterocycles.